The van der Waals surface area contributed by atoms with Gasteiger partial charge in [0, 0.05) is 13.0 Å². The van der Waals surface area contributed by atoms with E-state index in [1.54, 1.807) is 24.3 Å². The van der Waals surface area contributed by atoms with Gasteiger partial charge in [-0.05, 0) is 25.0 Å². The highest BCUT2D eigenvalue weighted by molar-refractivity contribution is 7.89. The standard InChI is InChI=1S/C12H15NO3S/c1-9-3-5-11(6-4-9)17(15,16)13-8-10(2)7-12(13)14/h3-6,10H,7-8H2,1-2H3. The molecule has 0 radical (unpaired) electrons. The highest BCUT2D eigenvalue weighted by atomic mass is 32.2. The first-order valence-electron chi connectivity index (χ1n) is 5.53. The first-order chi connectivity index (χ1) is 7.91. The molecule has 4 nitrogen and oxygen atoms in total. The Morgan fingerprint density at radius 3 is 2.29 bits per heavy atom. The number of amides is 1. The molecular weight excluding hydrogens is 238 g/mol. The van der Waals surface area contributed by atoms with Crippen molar-refractivity contribution in [1.82, 2.24) is 4.31 Å². The Labute approximate surface area is 101 Å². The summed E-state index contributed by atoms with van der Waals surface area (Å²) in [7, 11) is -3.65. The van der Waals surface area contributed by atoms with E-state index in [0.29, 0.717) is 6.42 Å². The monoisotopic (exact) mass is 253 g/mol. The van der Waals surface area contributed by atoms with Gasteiger partial charge in [-0.25, -0.2) is 12.7 Å². The van der Waals surface area contributed by atoms with Crippen molar-refractivity contribution in [3.8, 4) is 0 Å². The zero-order valence-electron chi connectivity index (χ0n) is 9.88. The van der Waals surface area contributed by atoms with E-state index >= 15 is 0 Å². The summed E-state index contributed by atoms with van der Waals surface area (Å²) in [6.07, 6.45) is 0.311. The lowest BCUT2D eigenvalue weighted by Crippen LogP contribution is -2.32. The number of benzene rings is 1. The SMILES string of the molecule is Cc1ccc(S(=O)(=O)N2CC(C)CC2=O)cc1. The van der Waals surface area contributed by atoms with E-state index in [0.717, 1.165) is 9.87 Å². The van der Waals surface area contributed by atoms with E-state index in [2.05, 4.69) is 0 Å². The lowest BCUT2D eigenvalue weighted by molar-refractivity contribution is -0.123. The van der Waals surface area contributed by atoms with Crippen LogP contribution in [-0.4, -0.2) is 25.2 Å². The normalized spacial score (nSPS) is 20.9. The van der Waals surface area contributed by atoms with Gasteiger partial charge in [0.2, 0.25) is 5.91 Å². The Hall–Kier alpha value is -1.36. The van der Waals surface area contributed by atoms with Gasteiger partial charge in [-0.1, -0.05) is 24.6 Å². The molecule has 0 N–H and O–H groups in total. The molecule has 17 heavy (non-hydrogen) atoms. The van der Waals surface area contributed by atoms with Gasteiger partial charge in [0.15, 0.2) is 0 Å². The summed E-state index contributed by atoms with van der Waals surface area (Å²) in [5.74, 6) is -0.208. The Kier molecular flexibility index (Phi) is 2.95. The van der Waals surface area contributed by atoms with E-state index < -0.39 is 10.0 Å². The van der Waals surface area contributed by atoms with Gasteiger partial charge >= 0.3 is 0 Å². The van der Waals surface area contributed by atoms with Gasteiger partial charge in [0.25, 0.3) is 10.0 Å². The molecule has 1 amide bonds. The summed E-state index contributed by atoms with van der Waals surface area (Å²) in [5.41, 5.74) is 0.991. The molecule has 1 aliphatic rings. The van der Waals surface area contributed by atoms with Crippen LogP contribution in [0.2, 0.25) is 0 Å². The number of hydrogen-bond acceptors (Lipinski definition) is 3. The lowest BCUT2D eigenvalue weighted by atomic mass is 10.2. The van der Waals surface area contributed by atoms with E-state index in [-0.39, 0.29) is 23.3 Å². The Balaban J connectivity index is 2.37. The highest BCUT2D eigenvalue weighted by Gasteiger charge is 2.36. The van der Waals surface area contributed by atoms with Crippen LogP contribution in [0, 0.1) is 12.8 Å². The van der Waals surface area contributed by atoms with Crippen LogP contribution in [0.3, 0.4) is 0 Å². The average Bonchev–Trinajstić information content (AvgIpc) is 2.59. The van der Waals surface area contributed by atoms with Gasteiger partial charge in [-0.15, -0.1) is 0 Å². The Morgan fingerprint density at radius 1 is 1.24 bits per heavy atom. The second kappa shape index (κ2) is 4.14. The molecule has 1 heterocycles. The number of sulfonamides is 1. The molecule has 1 aromatic carbocycles. The lowest BCUT2D eigenvalue weighted by Gasteiger charge is -2.16. The summed E-state index contributed by atoms with van der Waals surface area (Å²) in [6.45, 7) is 4.05. The molecule has 92 valence electrons. The number of rotatable bonds is 2. The van der Waals surface area contributed by atoms with Crippen molar-refractivity contribution in [2.45, 2.75) is 25.2 Å². The molecule has 0 spiro atoms. The molecule has 1 unspecified atom stereocenters. The zero-order valence-corrected chi connectivity index (χ0v) is 10.7. The third kappa shape index (κ3) is 2.20. The van der Waals surface area contributed by atoms with Crippen LogP contribution in [0.15, 0.2) is 29.2 Å². The maximum Gasteiger partial charge on any atom is 0.266 e. The number of carbonyl (C=O) groups is 1. The van der Waals surface area contributed by atoms with E-state index in [4.69, 9.17) is 0 Å². The fourth-order valence-electron chi connectivity index (χ4n) is 1.92. The summed E-state index contributed by atoms with van der Waals surface area (Å²) in [5, 5.41) is 0. The van der Waals surface area contributed by atoms with Gasteiger partial charge in [-0.2, -0.15) is 0 Å². The van der Waals surface area contributed by atoms with Gasteiger partial charge in [-0.3, -0.25) is 4.79 Å². The van der Waals surface area contributed by atoms with Crippen molar-refractivity contribution < 1.29 is 13.2 Å². The van der Waals surface area contributed by atoms with Crippen molar-refractivity contribution in [1.29, 1.82) is 0 Å². The van der Waals surface area contributed by atoms with Gasteiger partial charge in [0.1, 0.15) is 0 Å². The molecule has 1 aromatic rings. The van der Waals surface area contributed by atoms with Crippen molar-refractivity contribution in [3.05, 3.63) is 29.8 Å². The van der Waals surface area contributed by atoms with Crippen molar-refractivity contribution in [3.63, 3.8) is 0 Å². The quantitative estimate of drug-likeness (QED) is 0.803. The molecule has 1 fully saturated rings. The minimum atomic E-state index is -3.65. The number of hydrogen-bond donors (Lipinski definition) is 0. The average molecular weight is 253 g/mol. The molecule has 0 bridgehead atoms. The Bertz CT molecular complexity index is 533. The number of carbonyl (C=O) groups excluding carboxylic acids is 1. The van der Waals surface area contributed by atoms with Crippen molar-refractivity contribution in [2.75, 3.05) is 6.54 Å². The van der Waals surface area contributed by atoms with Crippen LogP contribution >= 0.6 is 0 Å². The first-order valence-corrected chi connectivity index (χ1v) is 6.97. The first kappa shape index (κ1) is 12.1. The highest BCUT2D eigenvalue weighted by Crippen LogP contribution is 2.25. The maximum atomic E-state index is 12.2. The topological polar surface area (TPSA) is 54.5 Å². The third-order valence-electron chi connectivity index (χ3n) is 2.89. The van der Waals surface area contributed by atoms with Crippen molar-refractivity contribution in [2.24, 2.45) is 5.92 Å². The van der Waals surface area contributed by atoms with Crippen LogP contribution in [0.4, 0.5) is 0 Å². The molecule has 2 rings (SSSR count). The van der Waals surface area contributed by atoms with Crippen LogP contribution in [-0.2, 0) is 14.8 Å². The fourth-order valence-corrected chi connectivity index (χ4v) is 3.45. The van der Waals surface area contributed by atoms with Crippen LogP contribution < -0.4 is 0 Å². The molecular formula is C12H15NO3S. The molecule has 5 heteroatoms. The smallest absolute Gasteiger partial charge is 0.266 e. The van der Waals surface area contributed by atoms with Gasteiger partial charge < -0.3 is 0 Å². The van der Waals surface area contributed by atoms with E-state index in [1.165, 1.54) is 0 Å². The number of aryl methyl sites for hydroxylation is 1. The van der Waals surface area contributed by atoms with Crippen LogP contribution in [0.25, 0.3) is 0 Å². The third-order valence-corrected chi connectivity index (χ3v) is 4.69. The summed E-state index contributed by atoms with van der Waals surface area (Å²) < 4.78 is 25.4. The predicted molar refractivity (Wildman–Crippen MR) is 63.9 cm³/mol. The second-order valence-corrected chi connectivity index (χ2v) is 6.41. The zero-order chi connectivity index (χ0) is 12.6. The molecule has 0 aromatic heterocycles. The Morgan fingerprint density at radius 2 is 1.82 bits per heavy atom. The molecule has 1 atom stereocenters. The van der Waals surface area contributed by atoms with E-state index in [9.17, 15) is 13.2 Å². The van der Waals surface area contributed by atoms with Gasteiger partial charge in [0.05, 0.1) is 4.90 Å². The van der Waals surface area contributed by atoms with Crippen LogP contribution in [0.5, 0.6) is 0 Å². The minimum Gasteiger partial charge on any atom is -0.274 e. The van der Waals surface area contributed by atoms with Crippen molar-refractivity contribution >= 4 is 15.9 Å². The molecule has 1 saturated heterocycles. The maximum absolute atomic E-state index is 12.2. The second-order valence-electron chi connectivity index (χ2n) is 4.55. The summed E-state index contributed by atoms with van der Waals surface area (Å²) >= 11 is 0. The minimum absolute atomic E-state index is 0.0997. The largest absolute Gasteiger partial charge is 0.274 e. The summed E-state index contributed by atoms with van der Waals surface area (Å²) in [4.78, 5) is 11.8. The molecule has 1 aliphatic heterocycles. The van der Waals surface area contributed by atoms with E-state index in [1.807, 2.05) is 13.8 Å². The van der Waals surface area contributed by atoms with Crippen LogP contribution in [0.1, 0.15) is 18.9 Å². The molecule has 0 saturated carbocycles. The molecule has 0 aliphatic carbocycles. The summed E-state index contributed by atoms with van der Waals surface area (Å²) in [6, 6.07) is 6.55. The fraction of sp³-hybridized carbons (Fsp3) is 0.417. The number of nitrogens with zero attached hydrogens (tertiary/aromatic N) is 1. The predicted octanol–water partition coefficient (Wildman–Crippen LogP) is 1.55.